The Kier molecular flexibility index (Phi) is 6.37. The van der Waals surface area contributed by atoms with Gasteiger partial charge in [-0.1, -0.05) is 23.9 Å². The summed E-state index contributed by atoms with van der Waals surface area (Å²) in [6, 6.07) is 16.8. The number of anilines is 1. The molecule has 0 fully saturated rings. The quantitative estimate of drug-likeness (QED) is 0.540. The number of carbonyl (C=O) groups excluding carboxylic acids is 2. The average molecular weight is 493 g/mol. The van der Waals surface area contributed by atoms with Crippen LogP contribution in [0.3, 0.4) is 0 Å². The Hall–Kier alpha value is -3.92. The van der Waals surface area contributed by atoms with Crippen LogP contribution in [0.2, 0.25) is 0 Å². The zero-order valence-corrected chi connectivity index (χ0v) is 19.5. The van der Waals surface area contributed by atoms with Gasteiger partial charge in [0.05, 0.1) is 24.8 Å². The van der Waals surface area contributed by atoms with Crippen molar-refractivity contribution in [3.63, 3.8) is 0 Å². The number of halogens is 1. The summed E-state index contributed by atoms with van der Waals surface area (Å²) in [5.74, 6) is -0.0101. The van der Waals surface area contributed by atoms with Gasteiger partial charge in [-0.2, -0.15) is 10.1 Å². The molecule has 178 valence electrons. The molecule has 5 rings (SSSR count). The summed E-state index contributed by atoms with van der Waals surface area (Å²) in [5.41, 5.74) is 1.80. The third-order valence-corrected chi connectivity index (χ3v) is 6.79. The number of carbonyl (C=O) groups is 2. The summed E-state index contributed by atoms with van der Waals surface area (Å²) < 4.78 is 24.7. The molecule has 8 nitrogen and oxygen atoms in total. The number of para-hydroxylation sites is 1. The smallest absolute Gasteiger partial charge is 0.262 e. The third-order valence-electron chi connectivity index (χ3n) is 5.65. The molecule has 1 aromatic heterocycles. The van der Waals surface area contributed by atoms with E-state index in [-0.39, 0.29) is 18.2 Å². The molecule has 0 radical (unpaired) electrons. The van der Waals surface area contributed by atoms with E-state index in [0.29, 0.717) is 17.3 Å². The number of hydrogen-bond donors (Lipinski definition) is 1. The van der Waals surface area contributed by atoms with E-state index in [1.165, 1.54) is 30.0 Å². The summed E-state index contributed by atoms with van der Waals surface area (Å²) >= 11 is 1.17. The number of aliphatic imine (C=N–C) groups is 1. The highest BCUT2D eigenvalue weighted by molar-refractivity contribution is 8.15. The Morgan fingerprint density at radius 3 is 2.71 bits per heavy atom. The number of amides is 2. The summed E-state index contributed by atoms with van der Waals surface area (Å²) in [5, 5.41) is 8.61. The molecule has 2 amide bonds. The van der Waals surface area contributed by atoms with Crippen molar-refractivity contribution < 1.29 is 23.1 Å². The SMILES string of the molecule is COc1ccc(C2=NN(C3=NC(=O)[C@H](CC(=O)Nc4ccccc4F)S3)[C@H](c3ccco3)C2)cc1. The van der Waals surface area contributed by atoms with Crippen LogP contribution in [0.1, 0.15) is 30.2 Å². The third kappa shape index (κ3) is 4.83. The number of hydrogen-bond acceptors (Lipinski definition) is 7. The number of thioether (sulfide) groups is 1. The molecule has 0 bridgehead atoms. The summed E-state index contributed by atoms with van der Waals surface area (Å²) in [6.07, 6.45) is 1.99. The second-order valence-corrected chi connectivity index (χ2v) is 9.10. The number of ether oxygens (including phenoxy) is 1. The van der Waals surface area contributed by atoms with E-state index in [1.807, 2.05) is 30.3 Å². The maximum Gasteiger partial charge on any atom is 0.262 e. The van der Waals surface area contributed by atoms with Gasteiger partial charge in [0.1, 0.15) is 28.6 Å². The lowest BCUT2D eigenvalue weighted by Crippen LogP contribution is -2.25. The minimum atomic E-state index is -0.728. The van der Waals surface area contributed by atoms with Crippen molar-refractivity contribution in [2.24, 2.45) is 10.1 Å². The van der Waals surface area contributed by atoms with Crippen LogP contribution in [-0.2, 0) is 9.59 Å². The average Bonchev–Trinajstić information content (AvgIpc) is 3.61. The molecule has 0 saturated carbocycles. The van der Waals surface area contributed by atoms with Crippen molar-refractivity contribution in [1.29, 1.82) is 0 Å². The first-order valence-electron chi connectivity index (χ1n) is 10.9. The van der Waals surface area contributed by atoms with Gasteiger partial charge < -0.3 is 14.5 Å². The highest BCUT2D eigenvalue weighted by atomic mass is 32.2. The van der Waals surface area contributed by atoms with E-state index in [0.717, 1.165) is 17.0 Å². The molecular weight excluding hydrogens is 471 g/mol. The molecule has 35 heavy (non-hydrogen) atoms. The molecule has 0 spiro atoms. The molecule has 0 aliphatic carbocycles. The van der Waals surface area contributed by atoms with Crippen LogP contribution in [0.4, 0.5) is 10.1 Å². The van der Waals surface area contributed by atoms with Crippen LogP contribution in [0.15, 0.2) is 81.4 Å². The number of nitrogens with one attached hydrogen (secondary N) is 1. The highest BCUT2D eigenvalue weighted by Crippen LogP contribution is 2.39. The number of amidine groups is 1. The standard InChI is InChI=1S/C25H21FN4O4S/c1-33-16-10-8-15(9-11-16)19-13-20(21-7-4-12-34-21)30(29-19)25-28-24(32)22(35-25)14-23(31)27-18-6-3-2-5-17(18)26/h2-12,20,22H,13-14H2,1H3,(H,27,31)/t20-,22-/m0/s1. The van der Waals surface area contributed by atoms with Crippen molar-refractivity contribution in [1.82, 2.24) is 5.01 Å². The zero-order chi connectivity index (χ0) is 24.4. The minimum absolute atomic E-state index is 0.0697. The second kappa shape index (κ2) is 9.75. The molecule has 3 aromatic rings. The number of methoxy groups -OCH3 is 1. The van der Waals surface area contributed by atoms with Crippen LogP contribution < -0.4 is 10.1 Å². The van der Waals surface area contributed by atoms with E-state index in [2.05, 4.69) is 10.3 Å². The van der Waals surface area contributed by atoms with Gasteiger partial charge in [-0.25, -0.2) is 9.40 Å². The lowest BCUT2D eigenvalue weighted by molar-refractivity contribution is -0.121. The maximum absolute atomic E-state index is 13.9. The second-order valence-electron chi connectivity index (χ2n) is 7.93. The van der Waals surface area contributed by atoms with Crippen molar-refractivity contribution in [3.8, 4) is 5.75 Å². The highest BCUT2D eigenvalue weighted by Gasteiger charge is 2.40. The lowest BCUT2D eigenvalue weighted by Gasteiger charge is -2.20. The van der Waals surface area contributed by atoms with Crippen molar-refractivity contribution in [2.45, 2.75) is 24.1 Å². The number of rotatable bonds is 6. The summed E-state index contributed by atoms with van der Waals surface area (Å²) in [6.45, 7) is 0. The van der Waals surface area contributed by atoms with E-state index < -0.39 is 22.9 Å². The van der Waals surface area contributed by atoms with E-state index >= 15 is 0 Å². The van der Waals surface area contributed by atoms with Crippen molar-refractivity contribution in [2.75, 3.05) is 12.4 Å². The molecule has 2 atom stereocenters. The number of benzene rings is 2. The Bertz CT molecular complexity index is 1310. The Morgan fingerprint density at radius 2 is 2.00 bits per heavy atom. The fourth-order valence-corrected chi connectivity index (χ4v) is 4.95. The van der Waals surface area contributed by atoms with Gasteiger partial charge in [0, 0.05) is 12.8 Å². The lowest BCUT2D eigenvalue weighted by atomic mass is 10.0. The molecule has 0 saturated heterocycles. The fraction of sp³-hybridized carbons (Fsp3) is 0.200. The first kappa shape index (κ1) is 22.9. The van der Waals surface area contributed by atoms with Gasteiger partial charge in [0.2, 0.25) is 5.91 Å². The first-order chi connectivity index (χ1) is 17.0. The zero-order valence-electron chi connectivity index (χ0n) is 18.7. The molecule has 2 aromatic carbocycles. The Labute approximate surface area is 204 Å². The predicted molar refractivity (Wildman–Crippen MR) is 131 cm³/mol. The number of furan rings is 1. The van der Waals surface area contributed by atoms with Crippen LogP contribution in [0, 0.1) is 5.82 Å². The summed E-state index contributed by atoms with van der Waals surface area (Å²) in [4.78, 5) is 29.3. The van der Waals surface area contributed by atoms with E-state index in [9.17, 15) is 14.0 Å². The van der Waals surface area contributed by atoms with Gasteiger partial charge >= 0.3 is 0 Å². The Balaban J connectivity index is 1.33. The number of hydrazone groups is 1. The molecule has 10 heteroatoms. The number of nitrogens with zero attached hydrogens (tertiary/aromatic N) is 3. The Morgan fingerprint density at radius 1 is 1.20 bits per heavy atom. The normalized spacial score (nSPS) is 19.5. The topological polar surface area (TPSA) is 96.5 Å². The van der Waals surface area contributed by atoms with Crippen LogP contribution in [0.25, 0.3) is 0 Å². The van der Waals surface area contributed by atoms with Gasteiger partial charge in [-0.05, 0) is 54.1 Å². The molecular formula is C25H21FN4O4S. The summed E-state index contributed by atoms with van der Waals surface area (Å²) in [7, 11) is 1.61. The molecule has 3 heterocycles. The molecule has 2 aliphatic rings. The largest absolute Gasteiger partial charge is 0.497 e. The van der Waals surface area contributed by atoms with Crippen molar-refractivity contribution >= 4 is 40.1 Å². The van der Waals surface area contributed by atoms with Crippen LogP contribution >= 0.6 is 11.8 Å². The van der Waals surface area contributed by atoms with E-state index in [4.69, 9.17) is 14.3 Å². The van der Waals surface area contributed by atoms with Gasteiger partial charge in [-0.3, -0.25) is 9.59 Å². The molecule has 1 N–H and O–H groups in total. The predicted octanol–water partition coefficient (Wildman–Crippen LogP) is 4.61. The van der Waals surface area contributed by atoms with Gasteiger partial charge in [0.25, 0.3) is 5.91 Å². The van der Waals surface area contributed by atoms with E-state index in [1.54, 1.807) is 30.5 Å². The first-order valence-corrected chi connectivity index (χ1v) is 11.8. The van der Waals surface area contributed by atoms with Crippen LogP contribution in [-0.4, -0.2) is 40.1 Å². The molecule has 2 aliphatic heterocycles. The fourth-order valence-electron chi connectivity index (χ4n) is 3.88. The van der Waals surface area contributed by atoms with Crippen LogP contribution in [0.5, 0.6) is 5.75 Å². The van der Waals surface area contributed by atoms with Gasteiger partial charge in [0.15, 0.2) is 5.17 Å². The maximum atomic E-state index is 13.9. The minimum Gasteiger partial charge on any atom is -0.497 e. The molecule has 0 unspecified atom stereocenters. The monoisotopic (exact) mass is 492 g/mol. The van der Waals surface area contributed by atoms with Crippen molar-refractivity contribution in [3.05, 3.63) is 84.1 Å². The van der Waals surface area contributed by atoms with Gasteiger partial charge in [-0.15, -0.1) is 0 Å².